The van der Waals surface area contributed by atoms with Gasteiger partial charge in [-0.05, 0) is 35.1 Å². The molecule has 0 saturated carbocycles. The highest BCUT2D eigenvalue weighted by Gasteiger charge is 2.28. The molecule has 102 valence electrons. The molecule has 1 aromatic rings. The van der Waals surface area contributed by atoms with Crippen LogP contribution in [-0.2, 0) is 4.79 Å². The van der Waals surface area contributed by atoms with Gasteiger partial charge in [-0.15, -0.1) is 0 Å². The Labute approximate surface area is 123 Å². The standard InChI is InChI=1S/C13H13F2IN2O/c1-8(9-2-3-11(14)12(15)6-9)18-13(19)10(7-16)4-5-17-18/h2-3,6-8,17H,4-5H2,1H3/b10-7+. The fourth-order valence-electron chi connectivity index (χ4n) is 1.98. The van der Waals surface area contributed by atoms with Crippen molar-refractivity contribution in [2.24, 2.45) is 0 Å². The molecule has 0 radical (unpaired) electrons. The molecule has 1 aliphatic rings. The minimum Gasteiger partial charge on any atom is -0.268 e. The molecular weight excluding hydrogens is 365 g/mol. The molecule has 1 atom stereocenters. The third kappa shape index (κ3) is 2.94. The number of carbonyl (C=O) groups is 1. The summed E-state index contributed by atoms with van der Waals surface area (Å²) in [5, 5.41) is 1.46. The quantitative estimate of drug-likeness (QED) is 0.634. The Morgan fingerprint density at radius 1 is 1.42 bits per heavy atom. The van der Waals surface area contributed by atoms with E-state index in [0.717, 1.165) is 12.1 Å². The molecule has 1 aliphatic heterocycles. The fraction of sp³-hybridized carbons (Fsp3) is 0.308. The van der Waals surface area contributed by atoms with Crippen LogP contribution in [0.4, 0.5) is 8.78 Å². The van der Waals surface area contributed by atoms with Gasteiger partial charge in [0.1, 0.15) is 0 Å². The zero-order valence-electron chi connectivity index (χ0n) is 10.3. The first-order chi connectivity index (χ1) is 9.04. The maximum Gasteiger partial charge on any atom is 0.264 e. The van der Waals surface area contributed by atoms with Gasteiger partial charge in [-0.1, -0.05) is 28.7 Å². The lowest BCUT2D eigenvalue weighted by molar-refractivity contribution is -0.134. The predicted octanol–water partition coefficient (Wildman–Crippen LogP) is 3.08. The van der Waals surface area contributed by atoms with Gasteiger partial charge in [0.15, 0.2) is 11.6 Å². The zero-order chi connectivity index (χ0) is 14.0. The van der Waals surface area contributed by atoms with Gasteiger partial charge in [0.05, 0.1) is 6.04 Å². The van der Waals surface area contributed by atoms with E-state index >= 15 is 0 Å². The Kier molecular flexibility index (Phi) is 4.51. The van der Waals surface area contributed by atoms with Crippen LogP contribution in [-0.4, -0.2) is 17.5 Å². The minimum atomic E-state index is -0.904. The van der Waals surface area contributed by atoms with E-state index in [1.807, 2.05) is 22.6 Å². The summed E-state index contributed by atoms with van der Waals surface area (Å²) >= 11 is 2.03. The molecule has 1 amide bonds. The number of nitrogens with zero attached hydrogens (tertiary/aromatic N) is 1. The number of amides is 1. The van der Waals surface area contributed by atoms with E-state index in [0.29, 0.717) is 24.1 Å². The summed E-state index contributed by atoms with van der Waals surface area (Å²) in [6.07, 6.45) is 0.669. The highest BCUT2D eigenvalue weighted by atomic mass is 127. The van der Waals surface area contributed by atoms with Gasteiger partial charge in [-0.3, -0.25) is 9.80 Å². The third-order valence-corrected chi connectivity index (χ3v) is 3.87. The van der Waals surface area contributed by atoms with E-state index in [4.69, 9.17) is 0 Å². The molecular formula is C13H13F2IN2O. The van der Waals surface area contributed by atoms with Gasteiger partial charge >= 0.3 is 0 Å². The van der Waals surface area contributed by atoms with Crippen molar-refractivity contribution < 1.29 is 13.6 Å². The lowest BCUT2D eigenvalue weighted by Crippen LogP contribution is -2.49. The second-order valence-electron chi connectivity index (χ2n) is 4.32. The van der Waals surface area contributed by atoms with Crippen molar-refractivity contribution in [1.82, 2.24) is 10.4 Å². The highest BCUT2D eigenvalue weighted by molar-refractivity contribution is 14.1. The molecule has 0 bridgehead atoms. The predicted molar refractivity (Wildman–Crippen MR) is 76.3 cm³/mol. The van der Waals surface area contributed by atoms with Gasteiger partial charge in [-0.2, -0.15) is 0 Å². The number of rotatable bonds is 2. The molecule has 3 nitrogen and oxygen atoms in total. The number of nitrogens with one attached hydrogen (secondary N) is 1. The minimum absolute atomic E-state index is 0.127. The summed E-state index contributed by atoms with van der Waals surface area (Å²) in [4.78, 5) is 12.1. The van der Waals surface area contributed by atoms with Crippen LogP contribution in [0.2, 0.25) is 0 Å². The number of hydrazine groups is 1. The molecule has 1 N–H and O–H groups in total. The van der Waals surface area contributed by atoms with Crippen LogP contribution in [0.25, 0.3) is 0 Å². The second-order valence-corrected chi connectivity index (χ2v) is 4.94. The Morgan fingerprint density at radius 3 is 2.79 bits per heavy atom. The summed E-state index contributed by atoms with van der Waals surface area (Å²) in [7, 11) is 0. The van der Waals surface area contributed by atoms with Crippen LogP contribution < -0.4 is 5.43 Å². The van der Waals surface area contributed by atoms with Crippen molar-refractivity contribution in [2.45, 2.75) is 19.4 Å². The summed E-state index contributed by atoms with van der Waals surface area (Å²) in [6.45, 7) is 2.42. The number of hydrogen-bond acceptors (Lipinski definition) is 2. The normalized spacial score (nSPS) is 19.9. The van der Waals surface area contributed by atoms with Crippen LogP contribution >= 0.6 is 22.6 Å². The number of benzene rings is 1. The van der Waals surface area contributed by atoms with Crippen molar-refractivity contribution in [3.05, 3.63) is 45.1 Å². The Hall–Kier alpha value is -1.02. The topological polar surface area (TPSA) is 32.3 Å². The number of carbonyl (C=O) groups excluding carboxylic acids is 1. The largest absolute Gasteiger partial charge is 0.268 e. The lowest BCUT2D eigenvalue weighted by Gasteiger charge is -2.34. The van der Waals surface area contributed by atoms with Crippen molar-refractivity contribution in [3.8, 4) is 0 Å². The molecule has 1 saturated heterocycles. The van der Waals surface area contributed by atoms with E-state index in [9.17, 15) is 13.6 Å². The zero-order valence-corrected chi connectivity index (χ0v) is 12.4. The first kappa shape index (κ1) is 14.4. The average molecular weight is 378 g/mol. The maximum absolute atomic E-state index is 13.2. The number of halogens is 3. The van der Waals surface area contributed by atoms with Crippen LogP contribution in [0.1, 0.15) is 24.9 Å². The first-order valence-electron chi connectivity index (χ1n) is 5.86. The third-order valence-electron chi connectivity index (χ3n) is 3.12. The number of hydrogen-bond donors (Lipinski definition) is 1. The summed E-state index contributed by atoms with van der Waals surface area (Å²) in [6, 6.07) is 3.32. The van der Waals surface area contributed by atoms with Crippen molar-refractivity contribution in [3.63, 3.8) is 0 Å². The second kappa shape index (κ2) is 5.96. The van der Waals surface area contributed by atoms with Gasteiger partial charge in [0, 0.05) is 12.1 Å². The van der Waals surface area contributed by atoms with Gasteiger partial charge in [0.25, 0.3) is 5.91 Å². The van der Waals surface area contributed by atoms with Crippen LogP contribution in [0.15, 0.2) is 27.9 Å². The Bertz CT molecular complexity index is 533. The highest BCUT2D eigenvalue weighted by Crippen LogP contribution is 2.25. The monoisotopic (exact) mass is 378 g/mol. The van der Waals surface area contributed by atoms with E-state index in [2.05, 4.69) is 5.43 Å². The first-order valence-corrected chi connectivity index (χ1v) is 7.10. The Morgan fingerprint density at radius 2 is 2.16 bits per heavy atom. The van der Waals surface area contributed by atoms with Crippen molar-refractivity contribution >= 4 is 28.5 Å². The summed E-state index contributed by atoms with van der Waals surface area (Å²) in [5.74, 6) is -1.92. The molecule has 0 aliphatic carbocycles. The van der Waals surface area contributed by atoms with Crippen molar-refractivity contribution in [2.75, 3.05) is 6.54 Å². The average Bonchev–Trinajstić information content (AvgIpc) is 2.41. The summed E-state index contributed by atoms with van der Waals surface area (Å²) < 4.78 is 27.9. The van der Waals surface area contributed by atoms with Crippen LogP contribution in [0.3, 0.4) is 0 Å². The fourth-order valence-corrected chi connectivity index (χ4v) is 2.56. The molecule has 0 aromatic heterocycles. The van der Waals surface area contributed by atoms with E-state index in [-0.39, 0.29) is 11.9 Å². The molecule has 1 heterocycles. The molecule has 1 fully saturated rings. The molecule has 2 rings (SSSR count). The lowest BCUT2D eigenvalue weighted by atomic mass is 10.1. The van der Waals surface area contributed by atoms with Crippen LogP contribution in [0.5, 0.6) is 0 Å². The van der Waals surface area contributed by atoms with Gasteiger partial charge < -0.3 is 0 Å². The van der Waals surface area contributed by atoms with Gasteiger partial charge in [0.2, 0.25) is 0 Å². The van der Waals surface area contributed by atoms with Crippen LogP contribution in [0, 0.1) is 11.6 Å². The molecule has 0 spiro atoms. The SMILES string of the molecule is CC(c1ccc(F)c(F)c1)N1NCC/C(=C\I)C1=O. The van der Waals surface area contributed by atoms with Crippen molar-refractivity contribution in [1.29, 1.82) is 0 Å². The van der Waals surface area contributed by atoms with E-state index in [1.165, 1.54) is 11.1 Å². The molecule has 6 heteroatoms. The Balaban J connectivity index is 2.25. The molecule has 19 heavy (non-hydrogen) atoms. The molecule has 1 aromatic carbocycles. The van der Waals surface area contributed by atoms with E-state index < -0.39 is 11.6 Å². The van der Waals surface area contributed by atoms with E-state index in [1.54, 1.807) is 11.0 Å². The summed E-state index contributed by atoms with van der Waals surface area (Å²) in [5.41, 5.74) is 4.26. The molecule has 1 unspecified atom stereocenters. The maximum atomic E-state index is 13.2. The smallest absolute Gasteiger partial charge is 0.264 e. The van der Waals surface area contributed by atoms with Gasteiger partial charge in [-0.25, -0.2) is 14.2 Å².